The molecule has 1 aliphatic carbocycles. The average Bonchev–Trinajstić information content (AvgIpc) is 3.05. The van der Waals surface area contributed by atoms with E-state index in [0.29, 0.717) is 47.3 Å². The molecule has 1 aliphatic heterocycles. The predicted molar refractivity (Wildman–Crippen MR) is 106 cm³/mol. The van der Waals surface area contributed by atoms with Crippen LogP contribution in [0.1, 0.15) is 49.6 Å². The molecule has 0 spiro atoms. The van der Waals surface area contributed by atoms with Gasteiger partial charge < -0.3 is 9.47 Å². The summed E-state index contributed by atoms with van der Waals surface area (Å²) < 4.78 is 13.5. The summed E-state index contributed by atoms with van der Waals surface area (Å²) in [6.45, 7) is 6.01. The van der Waals surface area contributed by atoms with Crippen molar-refractivity contribution in [3.8, 4) is 11.6 Å². The first-order chi connectivity index (χ1) is 13.9. The molecule has 0 amide bonds. The van der Waals surface area contributed by atoms with Crippen LogP contribution < -0.4 is 9.47 Å². The Morgan fingerprint density at radius 2 is 2.03 bits per heavy atom. The molecule has 1 aromatic carbocycles. The Morgan fingerprint density at radius 3 is 2.83 bits per heavy atom. The summed E-state index contributed by atoms with van der Waals surface area (Å²) in [6.07, 6.45) is 2.75. The summed E-state index contributed by atoms with van der Waals surface area (Å²) >= 11 is 0. The minimum atomic E-state index is -0.367. The number of para-hydroxylation sites is 1. The van der Waals surface area contributed by atoms with Gasteiger partial charge in [-0.3, -0.25) is 4.79 Å². The van der Waals surface area contributed by atoms with E-state index >= 15 is 0 Å². The number of ether oxygens (including phenoxy) is 2. The number of fused-ring (bicyclic) bond motifs is 3. The highest BCUT2D eigenvalue weighted by molar-refractivity contribution is 6.00. The first-order valence-corrected chi connectivity index (χ1v) is 9.67. The van der Waals surface area contributed by atoms with Gasteiger partial charge in [-0.25, -0.2) is 14.5 Å². The van der Waals surface area contributed by atoms with E-state index in [4.69, 9.17) is 9.47 Å². The predicted octanol–water partition coefficient (Wildman–Crippen LogP) is 3.61. The molecule has 2 aromatic heterocycles. The molecule has 0 saturated heterocycles. The Hall–Kier alpha value is -3.22. The van der Waals surface area contributed by atoms with Crippen LogP contribution in [0.5, 0.6) is 11.6 Å². The van der Waals surface area contributed by atoms with Crippen LogP contribution in [0.3, 0.4) is 0 Å². The van der Waals surface area contributed by atoms with Crippen LogP contribution in [-0.4, -0.2) is 32.5 Å². The number of hydrogen-bond acceptors (Lipinski definition) is 6. The van der Waals surface area contributed by atoms with Gasteiger partial charge in [0.2, 0.25) is 5.88 Å². The highest BCUT2D eigenvalue weighted by atomic mass is 16.5. The molecule has 3 aromatic rings. The van der Waals surface area contributed by atoms with Gasteiger partial charge in [0.05, 0.1) is 18.6 Å². The zero-order chi connectivity index (χ0) is 20.3. The van der Waals surface area contributed by atoms with Gasteiger partial charge in [-0.2, -0.15) is 5.10 Å². The van der Waals surface area contributed by atoms with E-state index < -0.39 is 0 Å². The van der Waals surface area contributed by atoms with Gasteiger partial charge >= 0.3 is 0 Å². The molecule has 2 aliphatic rings. The molecule has 1 unspecified atom stereocenters. The molecule has 0 radical (unpaired) electrons. The largest absolute Gasteiger partial charge is 0.496 e. The third-order valence-electron chi connectivity index (χ3n) is 5.62. The standard InChI is InChI=1S/C22H22N4O3/c1-12-24-20-19-17(13-7-5-6-8-15(13)28-4)18-14(27)9-22(2,3)10-16(18)29-21(19)23-11-26(20)25-12/h5-8,11,17H,9-10H2,1-4H3. The van der Waals surface area contributed by atoms with E-state index in [2.05, 4.69) is 28.9 Å². The molecule has 5 rings (SSSR count). The van der Waals surface area contributed by atoms with Crippen molar-refractivity contribution in [3.05, 3.63) is 58.9 Å². The fourth-order valence-corrected chi connectivity index (χ4v) is 4.47. The number of Topliss-reactive ketones (excluding diaryl/α,β-unsaturated/α-hetero) is 1. The third-order valence-corrected chi connectivity index (χ3v) is 5.62. The minimum Gasteiger partial charge on any atom is -0.496 e. The van der Waals surface area contributed by atoms with Gasteiger partial charge in [-0.1, -0.05) is 32.0 Å². The number of allylic oxidation sites excluding steroid dienone is 2. The van der Waals surface area contributed by atoms with Crippen LogP contribution in [0, 0.1) is 12.3 Å². The van der Waals surface area contributed by atoms with E-state index in [9.17, 15) is 4.79 Å². The van der Waals surface area contributed by atoms with Gasteiger partial charge in [0.15, 0.2) is 11.4 Å². The fraction of sp³-hybridized carbons (Fsp3) is 0.364. The number of ketones is 1. The Bertz CT molecular complexity index is 1190. The van der Waals surface area contributed by atoms with Crippen molar-refractivity contribution >= 4 is 11.4 Å². The Balaban J connectivity index is 1.84. The summed E-state index contributed by atoms with van der Waals surface area (Å²) in [4.78, 5) is 22.5. The molecule has 0 bridgehead atoms. The maximum atomic E-state index is 13.3. The van der Waals surface area contributed by atoms with Gasteiger partial charge in [0, 0.05) is 24.0 Å². The highest BCUT2D eigenvalue weighted by Gasteiger charge is 2.44. The molecule has 0 fully saturated rings. The summed E-state index contributed by atoms with van der Waals surface area (Å²) in [7, 11) is 1.64. The van der Waals surface area contributed by atoms with E-state index in [-0.39, 0.29) is 17.1 Å². The third kappa shape index (κ3) is 2.72. The number of methoxy groups -OCH3 is 1. The maximum Gasteiger partial charge on any atom is 0.228 e. The van der Waals surface area contributed by atoms with Gasteiger partial charge in [-0.15, -0.1) is 0 Å². The zero-order valence-electron chi connectivity index (χ0n) is 16.9. The monoisotopic (exact) mass is 390 g/mol. The smallest absolute Gasteiger partial charge is 0.228 e. The number of aromatic nitrogens is 4. The molecule has 3 heterocycles. The van der Waals surface area contributed by atoms with E-state index in [1.165, 1.54) is 0 Å². The second-order valence-electron chi connectivity index (χ2n) is 8.45. The quantitative estimate of drug-likeness (QED) is 0.665. The van der Waals surface area contributed by atoms with Crippen molar-refractivity contribution in [1.29, 1.82) is 0 Å². The lowest BCUT2D eigenvalue weighted by Gasteiger charge is -2.37. The zero-order valence-corrected chi connectivity index (χ0v) is 16.9. The Kier molecular flexibility index (Phi) is 3.78. The highest BCUT2D eigenvalue weighted by Crippen LogP contribution is 2.51. The van der Waals surface area contributed by atoms with E-state index in [1.807, 2.05) is 31.2 Å². The fourth-order valence-electron chi connectivity index (χ4n) is 4.47. The lowest BCUT2D eigenvalue weighted by atomic mass is 9.70. The Morgan fingerprint density at radius 1 is 1.24 bits per heavy atom. The number of hydrogen-bond donors (Lipinski definition) is 0. The number of nitrogens with zero attached hydrogens (tertiary/aromatic N) is 4. The first kappa shape index (κ1) is 17.8. The molecule has 148 valence electrons. The SMILES string of the molecule is COc1ccccc1C1C2=C(CC(C)(C)CC2=O)Oc2ncn3nc(C)nc3c21. The number of carbonyl (C=O) groups is 1. The molecule has 7 nitrogen and oxygen atoms in total. The number of benzene rings is 1. The van der Waals surface area contributed by atoms with Gasteiger partial charge in [0.1, 0.15) is 23.7 Å². The van der Waals surface area contributed by atoms with E-state index in [1.54, 1.807) is 18.0 Å². The summed E-state index contributed by atoms with van der Waals surface area (Å²) in [5.74, 6) is 2.25. The van der Waals surface area contributed by atoms with Crippen molar-refractivity contribution in [1.82, 2.24) is 19.6 Å². The molecular weight excluding hydrogens is 368 g/mol. The van der Waals surface area contributed by atoms with Gasteiger partial charge in [-0.05, 0) is 18.4 Å². The van der Waals surface area contributed by atoms with E-state index in [0.717, 1.165) is 11.1 Å². The topological polar surface area (TPSA) is 78.6 Å². The van der Waals surface area contributed by atoms with Crippen molar-refractivity contribution in [2.45, 2.75) is 39.5 Å². The van der Waals surface area contributed by atoms with Crippen molar-refractivity contribution in [2.75, 3.05) is 7.11 Å². The van der Waals surface area contributed by atoms with Crippen molar-refractivity contribution < 1.29 is 14.3 Å². The van der Waals surface area contributed by atoms with Crippen LogP contribution >= 0.6 is 0 Å². The van der Waals surface area contributed by atoms with Crippen molar-refractivity contribution in [2.24, 2.45) is 5.41 Å². The molecular formula is C22H22N4O3. The summed E-state index contributed by atoms with van der Waals surface area (Å²) in [5, 5.41) is 4.39. The minimum absolute atomic E-state index is 0.0936. The summed E-state index contributed by atoms with van der Waals surface area (Å²) in [5.41, 5.74) is 2.82. The Labute approximate surface area is 168 Å². The molecule has 7 heteroatoms. The molecule has 1 atom stereocenters. The van der Waals surface area contributed by atoms with Crippen LogP contribution in [-0.2, 0) is 4.79 Å². The van der Waals surface area contributed by atoms with Crippen LogP contribution in [0.15, 0.2) is 41.9 Å². The second-order valence-corrected chi connectivity index (χ2v) is 8.45. The number of aryl methyl sites for hydroxylation is 1. The van der Waals surface area contributed by atoms with Crippen LogP contribution in [0.2, 0.25) is 0 Å². The molecule has 0 N–H and O–H groups in total. The first-order valence-electron chi connectivity index (χ1n) is 9.67. The maximum absolute atomic E-state index is 13.3. The average molecular weight is 390 g/mol. The lowest BCUT2D eigenvalue weighted by molar-refractivity contribution is -0.118. The van der Waals surface area contributed by atoms with Crippen LogP contribution in [0.25, 0.3) is 5.65 Å². The van der Waals surface area contributed by atoms with Gasteiger partial charge in [0.25, 0.3) is 0 Å². The molecule has 0 saturated carbocycles. The number of carbonyl (C=O) groups excluding carboxylic acids is 1. The summed E-state index contributed by atoms with van der Waals surface area (Å²) in [6, 6.07) is 7.77. The van der Waals surface area contributed by atoms with Crippen molar-refractivity contribution in [3.63, 3.8) is 0 Å². The lowest BCUT2D eigenvalue weighted by Crippen LogP contribution is -2.33. The normalized spacial score (nSPS) is 20.3. The van der Waals surface area contributed by atoms with Crippen LogP contribution in [0.4, 0.5) is 0 Å². The number of rotatable bonds is 2. The second kappa shape index (κ2) is 6.14. The molecule has 29 heavy (non-hydrogen) atoms.